The lowest BCUT2D eigenvalue weighted by atomic mass is 9.90. The molecule has 0 aromatic heterocycles. The molecular weight excluding hydrogens is 236 g/mol. The molecule has 1 aromatic carbocycles. The van der Waals surface area contributed by atoms with Gasteiger partial charge in [0.05, 0.1) is 5.54 Å². The van der Waals surface area contributed by atoms with Gasteiger partial charge in [0, 0.05) is 12.7 Å². The lowest BCUT2D eigenvalue weighted by Crippen LogP contribution is -2.54. The summed E-state index contributed by atoms with van der Waals surface area (Å²) in [7, 11) is 1.89. The molecule has 3 heteroatoms. The first-order chi connectivity index (χ1) is 9.10. The van der Waals surface area contributed by atoms with Crippen LogP contribution in [0.2, 0.25) is 0 Å². The first kappa shape index (κ1) is 14.1. The SMILES string of the molecule is CCCC1(C(=O)N(C)c2ccccc2C)CCCN1. The minimum Gasteiger partial charge on any atom is -0.314 e. The van der Waals surface area contributed by atoms with E-state index in [1.54, 1.807) is 0 Å². The van der Waals surface area contributed by atoms with Crippen LogP contribution in [-0.2, 0) is 4.79 Å². The fourth-order valence-corrected chi connectivity index (χ4v) is 3.11. The molecule has 0 aliphatic carbocycles. The lowest BCUT2D eigenvalue weighted by molar-refractivity contribution is -0.124. The number of nitrogens with zero attached hydrogens (tertiary/aromatic N) is 1. The Balaban J connectivity index is 2.25. The van der Waals surface area contributed by atoms with Crippen LogP contribution in [0.1, 0.15) is 38.2 Å². The van der Waals surface area contributed by atoms with Gasteiger partial charge in [-0.1, -0.05) is 31.5 Å². The molecule has 1 heterocycles. The Labute approximate surface area is 116 Å². The Kier molecular flexibility index (Phi) is 4.25. The molecule has 2 rings (SSSR count). The quantitative estimate of drug-likeness (QED) is 0.903. The summed E-state index contributed by atoms with van der Waals surface area (Å²) in [5, 5.41) is 3.45. The van der Waals surface area contributed by atoms with Crippen LogP contribution in [0.15, 0.2) is 24.3 Å². The number of benzene rings is 1. The summed E-state index contributed by atoms with van der Waals surface area (Å²) >= 11 is 0. The minimum atomic E-state index is -0.341. The Hall–Kier alpha value is -1.35. The highest BCUT2D eigenvalue weighted by atomic mass is 16.2. The van der Waals surface area contributed by atoms with Gasteiger partial charge >= 0.3 is 0 Å². The van der Waals surface area contributed by atoms with E-state index in [0.29, 0.717) is 0 Å². The van der Waals surface area contributed by atoms with Gasteiger partial charge in [0.25, 0.3) is 0 Å². The summed E-state index contributed by atoms with van der Waals surface area (Å²) in [5.74, 6) is 0.209. The van der Waals surface area contributed by atoms with Crippen molar-refractivity contribution in [2.24, 2.45) is 0 Å². The zero-order chi connectivity index (χ0) is 13.9. The van der Waals surface area contributed by atoms with Gasteiger partial charge in [-0.2, -0.15) is 0 Å². The molecule has 0 bridgehead atoms. The van der Waals surface area contributed by atoms with Crippen molar-refractivity contribution in [2.45, 2.75) is 45.1 Å². The maximum Gasteiger partial charge on any atom is 0.247 e. The third-order valence-electron chi connectivity index (χ3n) is 4.11. The van der Waals surface area contributed by atoms with Gasteiger partial charge in [0.1, 0.15) is 0 Å². The first-order valence-electron chi connectivity index (χ1n) is 7.19. The van der Waals surface area contributed by atoms with E-state index in [4.69, 9.17) is 0 Å². The molecule has 0 spiro atoms. The van der Waals surface area contributed by atoms with Gasteiger partial charge < -0.3 is 10.2 Å². The third-order valence-corrected chi connectivity index (χ3v) is 4.11. The Morgan fingerprint density at radius 1 is 1.42 bits per heavy atom. The summed E-state index contributed by atoms with van der Waals surface area (Å²) < 4.78 is 0. The molecule has 1 saturated heterocycles. The van der Waals surface area contributed by atoms with Crippen molar-refractivity contribution in [3.8, 4) is 0 Å². The number of hydrogen-bond donors (Lipinski definition) is 1. The van der Waals surface area contributed by atoms with Crippen molar-refractivity contribution in [3.63, 3.8) is 0 Å². The first-order valence-corrected chi connectivity index (χ1v) is 7.19. The number of anilines is 1. The number of para-hydroxylation sites is 1. The average molecular weight is 260 g/mol. The van der Waals surface area contributed by atoms with Gasteiger partial charge in [-0.25, -0.2) is 0 Å². The van der Waals surface area contributed by atoms with E-state index < -0.39 is 0 Å². The topological polar surface area (TPSA) is 32.3 Å². The van der Waals surface area contributed by atoms with E-state index in [0.717, 1.165) is 43.5 Å². The number of rotatable bonds is 4. The molecule has 1 aromatic rings. The number of aryl methyl sites for hydroxylation is 1. The molecule has 3 nitrogen and oxygen atoms in total. The van der Waals surface area contributed by atoms with E-state index in [-0.39, 0.29) is 11.4 Å². The van der Waals surface area contributed by atoms with Crippen molar-refractivity contribution in [1.29, 1.82) is 0 Å². The lowest BCUT2D eigenvalue weighted by Gasteiger charge is -2.33. The standard InChI is InChI=1S/C16H24N2O/c1-4-10-16(11-7-12-17-16)15(19)18(3)14-9-6-5-8-13(14)2/h5-6,8-9,17H,4,7,10-12H2,1-3H3. The Morgan fingerprint density at radius 3 is 2.74 bits per heavy atom. The van der Waals surface area contributed by atoms with E-state index in [2.05, 4.69) is 12.2 Å². The number of carbonyl (C=O) groups is 1. The van der Waals surface area contributed by atoms with E-state index >= 15 is 0 Å². The van der Waals surface area contributed by atoms with Gasteiger partial charge in [0.15, 0.2) is 0 Å². The second kappa shape index (κ2) is 5.74. The number of carbonyl (C=O) groups excluding carboxylic acids is 1. The molecular formula is C16H24N2O. The molecule has 19 heavy (non-hydrogen) atoms. The van der Waals surface area contributed by atoms with Crippen LogP contribution in [0, 0.1) is 6.92 Å². The normalized spacial score (nSPS) is 22.5. The van der Waals surface area contributed by atoms with Crippen molar-refractivity contribution < 1.29 is 4.79 Å². The monoisotopic (exact) mass is 260 g/mol. The largest absolute Gasteiger partial charge is 0.314 e. The van der Waals surface area contributed by atoms with Gasteiger partial charge in [-0.3, -0.25) is 4.79 Å². The van der Waals surface area contributed by atoms with Crippen molar-refractivity contribution in [3.05, 3.63) is 29.8 Å². The summed E-state index contributed by atoms with van der Waals surface area (Å²) in [6.07, 6.45) is 3.99. The van der Waals surface area contributed by atoms with Crippen LogP contribution in [0.25, 0.3) is 0 Å². The van der Waals surface area contributed by atoms with Crippen LogP contribution in [-0.4, -0.2) is 25.0 Å². The molecule has 0 radical (unpaired) electrons. The average Bonchev–Trinajstić information content (AvgIpc) is 2.88. The van der Waals surface area contributed by atoms with Crippen LogP contribution in [0.5, 0.6) is 0 Å². The van der Waals surface area contributed by atoms with Crippen molar-refractivity contribution >= 4 is 11.6 Å². The van der Waals surface area contributed by atoms with Crippen LogP contribution >= 0.6 is 0 Å². The van der Waals surface area contributed by atoms with E-state index in [9.17, 15) is 4.79 Å². The highest BCUT2D eigenvalue weighted by Crippen LogP contribution is 2.29. The predicted molar refractivity (Wildman–Crippen MR) is 79.5 cm³/mol. The second-order valence-corrected chi connectivity index (χ2v) is 5.51. The predicted octanol–water partition coefficient (Wildman–Crippen LogP) is 2.88. The second-order valence-electron chi connectivity index (χ2n) is 5.51. The zero-order valence-corrected chi connectivity index (χ0v) is 12.2. The third kappa shape index (κ3) is 2.66. The molecule has 1 amide bonds. The molecule has 1 unspecified atom stereocenters. The number of likely N-dealkylation sites (N-methyl/N-ethyl adjacent to an activating group) is 1. The molecule has 104 valence electrons. The Bertz CT molecular complexity index is 450. The maximum atomic E-state index is 12.9. The summed E-state index contributed by atoms with van der Waals surface area (Å²) in [6.45, 7) is 5.14. The highest BCUT2D eigenvalue weighted by Gasteiger charge is 2.42. The van der Waals surface area contributed by atoms with Gasteiger partial charge in [-0.15, -0.1) is 0 Å². The molecule has 1 atom stereocenters. The molecule has 1 aliphatic heterocycles. The van der Waals surface area contributed by atoms with Crippen molar-refractivity contribution in [1.82, 2.24) is 5.32 Å². The van der Waals surface area contributed by atoms with Crippen LogP contribution in [0.3, 0.4) is 0 Å². The summed E-state index contributed by atoms with van der Waals surface area (Å²) in [6, 6.07) is 8.06. The van der Waals surface area contributed by atoms with Crippen molar-refractivity contribution in [2.75, 3.05) is 18.5 Å². The van der Waals surface area contributed by atoms with Gasteiger partial charge in [-0.05, 0) is 44.4 Å². The van der Waals surface area contributed by atoms with E-state index in [1.807, 2.05) is 43.1 Å². The fourth-order valence-electron chi connectivity index (χ4n) is 3.11. The molecule has 0 saturated carbocycles. The van der Waals surface area contributed by atoms with E-state index in [1.165, 1.54) is 0 Å². The molecule has 1 N–H and O–H groups in total. The molecule has 1 aliphatic rings. The number of hydrogen-bond acceptors (Lipinski definition) is 2. The molecule has 1 fully saturated rings. The fraction of sp³-hybridized carbons (Fsp3) is 0.562. The highest BCUT2D eigenvalue weighted by molar-refractivity contribution is 6.00. The summed E-state index contributed by atoms with van der Waals surface area (Å²) in [5.41, 5.74) is 1.81. The maximum absolute atomic E-state index is 12.9. The Morgan fingerprint density at radius 2 is 2.16 bits per heavy atom. The summed E-state index contributed by atoms with van der Waals surface area (Å²) in [4.78, 5) is 14.7. The number of nitrogens with one attached hydrogen (secondary N) is 1. The smallest absolute Gasteiger partial charge is 0.247 e. The zero-order valence-electron chi connectivity index (χ0n) is 12.2. The van der Waals surface area contributed by atoms with Crippen LogP contribution in [0.4, 0.5) is 5.69 Å². The number of amides is 1. The minimum absolute atomic E-state index is 0.209. The van der Waals surface area contributed by atoms with Crippen LogP contribution < -0.4 is 10.2 Å². The van der Waals surface area contributed by atoms with Gasteiger partial charge in [0.2, 0.25) is 5.91 Å².